The second-order valence-corrected chi connectivity index (χ2v) is 7.16. The molecule has 2 heterocycles. The van der Waals surface area contributed by atoms with Gasteiger partial charge in [-0.2, -0.15) is 4.98 Å². The molecule has 1 N–H and O–H groups in total. The zero-order valence-corrected chi connectivity index (χ0v) is 15.8. The molecule has 0 spiro atoms. The van der Waals surface area contributed by atoms with E-state index in [-0.39, 0.29) is 23.4 Å². The van der Waals surface area contributed by atoms with Gasteiger partial charge in [-0.25, -0.2) is 4.98 Å². The lowest BCUT2D eigenvalue weighted by molar-refractivity contribution is -0.385. The van der Waals surface area contributed by atoms with Gasteiger partial charge in [-0.3, -0.25) is 15.1 Å². The highest BCUT2D eigenvalue weighted by Gasteiger charge is 2.28. The highest BCUT2D eigenvalue weighted by molar-refractivity contribution is 9.10. The van der Waals surface area contributed by atoms with Crippen LogP contribution in [0.2, 0.25) is 0 Å². The first-order chi connectivity index (χ1) is 13.1. The van der Waals surface area contributed by atoms with Crippen LogP contribution in [0.5, 0.6) is 11.6 Å². The summed E-state index contributed by atoms with van der Waals surface area (Å²) in [5, 5.41) is 15.7. The molecule has 0 bridgehead atoms. The number of ether oxygens (including phenoxy) is 1. The third-order valence-electron chi connectivity index (χ3n) is 4.55. The van der Waals surface area contributed by atoms with E-state index in [4.69, 9.17) is 4.74 Å². The minimum Gasteiger partial charge on any atom is -0.431 e. The number of rotatable bonds is 5. The Bertz CT molecular complexity index is 1010. The fraction of sp³-hybridized carbons (Fsp3) is 0.278. The van der Waals surface area contributed by atoms with Crippen molar-refractivity contribution in [3.8, 4) is 11.6 Å². The number of nitro groups is 1. The van der Waals surface area contributed by atoms with Crippen LogP contribution in [-0.2, 0) is 0 Å². The van der Waals surface area contributed by atoms with E-state index in [1.165, 1.54) is 6.33 Å². The number of hydrogen-bond acceptors (Lipinski definition) is 7. The van der Waals surface area contributed by atoms with Crippen molar-refractivity contribution in [2.75, 3.05) is 5.32 Å². The summed E-state index contributed by atoms with van der Waals surface area (Å²) >= 11 is 3.48. The van der Waals surface area contributed by atoms with E-state index < -0.39 is 4.92 Å². The van der Waals surface area contributed by atoms with Gasteiger partial charge in [0, 0.05) is 22.1 Å². The van der Waals surface area contributed by atoms with Crippen LogP contribution >= 0.6 is 15.9 Å². The molecule has 0 saturated heterocycles. The summed E-state index contributed by atoms with van der Waals surface area (Å²) in [7, 11) is 0. The van der Waals surface area contributed by atoms with E-state index in [2.05, 4.69) is 36.2 Å². The van der Waals surface area contributed by atoms with Gasteiger partial charge in [0.15, 0.2) is 5.75 Å². The Kier molecular flexibility index (Phi) is 4.85. The zero-order valence-electron chi connectivity index (χ0n) is 14.3. The zero-order chi connectivity index (χ0) is 18.8. The molecule has 0 aliphatic heterocycles. The van der Waals surface area contributed by atoms with Crippen LogP contribution < -0.4 is 10.1 Å². The van der Waals surface area contributed by atoms with Crippen molar-refractivity contribution in [2.45, 2.75) is 31.7 Å². The Labute approximate surface area is 163 Å². The number of aromatic nitrogens is 3. The van der Waals surface area contributed by atoms with Gasteiger partial charge in [0.05, 0.1) is 4.92 Å². The SMILES string of the molecule is O=[N+]([O-])c1c(NC2CCCC2)ncnc1Oc1ccc(Br)c2cccnc12. The van der Waals surface area contributed by atoms with E-state index in [1.807, 2.05) is 18.2 Å². The summed E-state index contributed by atoms with van der Waals surface area (Å²) in [4.78, 5) is 23.6. The molecule has 9 heteroatoms. The third kappa shape index (κ3) is 3.55. The molecule has 0 amide bonds. The van der Waals surface area contributed by atoms with Gasteiger partial charge in [-0.05, 0) is 31.0 Å². The molecule has 4 rings (SSSR count). The van der Waals surface area contributed by atoms with Crippen LogP contribution in [-0.4, -0.2) is 25.9 Å². The number of fused-ring (bicyclic) bond motifs is 1. The first kappa shape index (κ1) is 17.6. The van der Waals surface area contributed by atoms with Crippen molar-refractivity contribution in [2.24, 2.45) is 0 Å². The van der Waals surface area contributed by atoms with Crippen molar-refractivity contribution in [3.05, 3.63) is 51.4 Å². The molecular formula is C18H16BrN5O3. The summed E-state index contributed by atoms with van der Waals surface area (Å²) < 4.78 is 6.69. The standard InChI is InChI=1S/C18H16BrN5O3/c19-13-7-8-14(15-12(13)6-3-9-20-15)27-18-16(24(25)26)17(21-10-22-18)23-11-4-1-2-5-11/h3,6-11H,1-2,4-5H2,(H,21,22,23). The highest BCUT2D eigenvalue weighted by Crippen LogP contribution is 2.38. The molecule has 1 aliphatic rings. The van der Waals surface area contributed by atoms with Gasteiger partial charge in [-0.15, -0.1) is 0 Å². The number of nitrogens with one attached hydrogen (secondary N) is 1. The average molecular weight is 430 g/mol. The first-order valence-corrected chi connectivity index (χ1v) is 9.40. The molecule has 138 valence electrons. The van der Waals surface area contributed by atoms with E-state index in [0.29, 0.717) is 11.3 Å². The molecule has 8 nitrogen and oxygen atoms in total. The third-order valence-corrected chi connectivity index (χ3v) is 5.24. The lowest BCUT2D eigenvalue weighted by Gasteiger charge is -2.14. The maximum Gasteiger partial charge on any atom is 0.373 e. The minimum absolute atomic E-state index is 0.107. The Morgan fingerprint density at radius 3 is 2.78 bits per heavy atom. The Morgan fingerprint density at radius 2 is 2.00 bits per heavy atom. The molecule has 1 aromatic carbocycles. The van der Waals surface area contributed by atoms with Gasteiger partial charge >= 0.3 is 11.6 Å². The molecule has 3 aromatic rings. The van der Waals surface area contributed by atoms with Gasteiger partial charge < -0.3 is 10.1 Å². The quantitative estimate of drug-likeness (QED) is 0.456. The Balaban J connectivity index is 1.74. The fourth-order valence-corrected chi connectivity index (χ4v) is 3.72. The van der Waals surface area contributed by atoms with Gasteiger partial charge in [0.2, 0.25) is 5.82 Å². The van der Waals surface area contributed by atoms with Crippen LogP contribution in [0.25, 0.3) is 10.9 Å². The van der Waals surface area contributed by atoms with Crippen molar-refractivity contribution in [1.29, 1.82) is 0 Å². The number of anilines is 1. The molecule has 27 heavy (non-hydrogen) atoms. The highest BCUT2D eigenvalue weighted by atomic mass is 79.9. The van der Waals surface area contributed by atoms with Gasteiger partial charge in [-0.1, -0.05) is 34.8 Å². The van der Waals surface area contributed by atoms with E-state index >= 15 is 0 Å². The summed E-state index contributed by atoms with van der Waals surface area (Å²) in [5.41, 5.74) is 0.321. The Hall–Kier alpha value is -2.81. The number of halogens is 1. The topological polar surface area (TPSA) is 103 Å². The predicted molar refractivity (Wildman–Crippen MR) is 104 cm³/mol. The number of nitrogens with zero attached hydrogens (tertiary/aromatic N) is 4. The molecule has 1 aliphatic carbocycles. The van der Waals surface area contributed by atoms with E-state index in [1.54, 1.807) is 12.3 Å². The summed E-state index contributed by atoms with van der Waals surface area (Å²) in [5.74, 6) is 0.471. The molecule has 0 unspecified atom stereocenters. The van der Waals surface area contributed by atoms with Crippen molar-refractivity contribution in [3.63, 3.8) is 0 Å². The predicted octanol–water partition coefficient (Wildman–Crippen LogP) is 4.84. The van der Waals surface area contributed by atoms with Crippen molar-refractivity contribution in [1.82, 2.24) is 15.0 Å². The number of pyridine rings is 1. The van der Waals surface area contributed by atoms with Crippen LogP contribution in [0.15, 0.2) is 41.3 Å². The Morgan fingerprint density at radius 1 is 1.19 bits per heavy atom. The molecule has 2 aromatic heterocycles. The largest absolute Gasteiger partial charge is 0.431 e. The second-order valence-electron chi connectivity index (χ2n) is 6.31. The van der Waals surface area contributed by atoms with E-state index in [0.717, 1.165) is 35.5 Å². The second kappa shape index (κ2) is 7.43. The molecule has 1 fully saturated rings. The smallest absolute Gasteiger partial charge is 0.373 e. The fourth-order valence-electron chi connectivity index (χ4n) is 3.27. The normalized spacial score (nSPS) is 14.4. The summed E-state index contributed by atoms with van der Waals surface area (Å²) in [6.07, 6.45) is 7.07. The first-order valence-electron chi connectivity index (χ1n) is 8.60. The van der Waals surface area contributed by atoms with Crippen LogP contribution in [0.3, 0.4) is 0 Å². The number of benzene rings is 1. The molecule has 1 saturated carbocycles. The van der Waals surface area contributed by atoms with Crippen molar-refractivity contribution >= 4 is 38.3 Å². The van der Waals surface area contributed by atoms with Crippen molar-refractivity contribution < 1.29 is 9.66 Å². The van der Waals surface area contributed by atoms with E-state index in [9.17, 15) is 10.1 Å². The van der Waals surface area contributed by atoms with Gasteiger partial charge in [0.25, 0.3) is 0 Å². The molecule has 0 atom stereocenters. The average Bonchev–Trinajstić information content (AvgIpc) is 3.17. The maximum atomic E-state index is 11.7. The summed E-state index contributed by atoms with van der Waals surface area (Å²) in [6, 6.07) is 7.40. The molecule has 0 radical (unpaired) electrons. The maximum absolute atomic E-state index is 11.7. The lowest BCUT2D eigenvalue weighted by atomic mass is 10.2. The number of hydrogen-bond donors (Lipinski definition) is 1. The summed E-state index contributed by atoms with van der Waals surface area (Å²) in [6.45, 7) is 0. The van der Waals surface area contributed by atoms with Crippen LogP contribution in [0.4, 0.5) is 11.5 Å². The van der Waals surface area contributed by atoms with Gasteiger partial charge in [0.1, 0.15) is 11.8 Å². The lowest BCUT2D eigenvalue weighted by Crippen LogP contribution is -2.17. The van der Waals surface area contributed by atoms with Crippen LogP contribution in [0.1, 0.15) is 25.7 Å². The van der Waals surface area contributed by atoms with Crippen LogP contribution in [0, 0.1) is 10.1 Å². The molecular weight excluding hydrogens is 414 g/mol. The minimum atomic E-state index is -0.513. The monoisotopic (exact) mass is 429 g/mol.